The van der Waals surface area contributed by atoms with Crippen molar-refractivity contribution >= 4 is 0 Å². The van der Waals surface area contributed by atoms with Crippen molar-refractivity contribution < 1.29 is 22.3 Å². The molecule has 6 heteroatoms. The van der Waals surface area contributed by atoms with Crippen molar-refractivity contribution in [3.8, 4) is 6.07 Å². The van der Waals surface area contributed by atoms with Gasteiger partial charge in [0.25, 0.3) is 0 Å². The molecule has 0 aliphatic heterocycles. The summed E-state index contributed by atoms with van der Waals surface area (Å²) < 4.78 is 62.5. The van der Waals surface area contributed by atoms with Gasteiger partial charge in [-0.2, -0.15) is 14.0 Å². The number of nitriles is 1. The highest BCUT2D eigenvalue weighted by molar-refractivity contribution is 4.94. The minimum Gasteiger partial charge on any atom is -0.317 e. The third-order valence-corrected chi connectivity index (χ3v) is 6.78. The second-order valence-electron chi connectivity index (χ2n) is 8.46. The van der Waals surface area contributed by atoms with Crippen molar-refractivity contribution in [2.75, 3.05) is 0 Å². The van der Waals surface area contributed by atoms with Crippen LogP contribution in [-0.2, 0) is 4.74 Å². The summed E-state index contributed by atoms with van der Waals surface area (Å²) >= 11 is 0. The lowest BCUT2D eigenvalue weighted by molar-refractivity contribution is -0.312. The van der Waals surface area contributed by atoms with E-state index in [2.05, 4.69) is 0 Å². The Morgan fingerprint density at radius 1 is 0.808 bits per heavy atom. The van der Waals surface area contributed by atoms with Crippen LogP contribution in [0.2, 0.25) is 0 Å². The van der Waals surface area contributed by atoms with E-state index in [1.807, 2.05) is 6.07 Å². The van der Waals surface area contributed by atoms with Crippen LogP contribution in [0.5, 0.6) is 0 Å². The van der Waals surface area contributed by atoms with Crippen LogP contribution in [0.25, 0.3) is 0 Å². The molecule has 148 valence electrons. The van der Waals surface area contributed by atoms with E-state index in [4.69, 9.17) is 10.00 Å². The molecule has 6 unspecified atom stereocenters. The van der Waals surface area contributed by atoms with Crippen molar-refractivity contribution in [1.82, 2.24) is 0 Å². The Hall–Kier alpha value is -0.830. The fourth-order valence-corrected chi connectivity index (χ4v) is 5.20. The maximum Gasteiger partial charge on any atom is 0.361 e. The molecule has 3 rings (SSSR count). The molecule has 2 nitrogen and oxygen atoms in total. The van der Waals surface area contributed by atoms with Gasteiger partial charge in [-0.1, -0.05) is 32.1 Å². The molecule has 26 heavy (non-hydrogen) atoms. The molecule has 3 aliphatic rings. The van der Waals surface area contributed by atoms with Gasteiger partial charge in [0, 0.05) is 6.42 Å². The molecular weight excluding hydrogens is 346 g/mol. The average molecular weight is 375 g/mol. The molecule has 0 aromatic rings. The monoisotopic (exact) mass is 375 g/mol. The van der Waals surface area contributed by atoms with Crippen LogP contribution in [0, 0.1) is 35.0 Å². The van der Waals surface area contributed by atoms with E-state index >= 15 is 0 Å². The lowest BCUT2D eigenvalue weighted by atomic mass is 9.70. The highest BCUT2D eigenvalue weighted by Crippen LogP contribution is 2.47. The van der Waals surface area contributed by atoms with Gasteiger partial charge in [-0.05, 0) is 43.9 Å². The van der Waals surface area contributed by atoms with E-state index in [-0.39, 0.29) is 38.0 Å². The molecule has 6 atom stereocenters. The Labute approximate surface area is 153 Å². The number of hydrogen-bond donors (Lipinski definition) is 0. The number of halogens is 4. The summed E-state index contributed by atoms with van der Waals surface area (Å²) in [6.45, 7) is 0. The van der Waals surface area contributed by atoms with Crippen molar-refractivity contribution in [2.24, 2.45) is 23.7 Å². The first kappa shape index (κ1) is 19.9. The zero-order valence-corrected chi connectivity index (χ0v) is 15.2. The van der Waals surface area contributed by atoms with E-state index in [0.29, 0.717) is 12.3 Å². The smallest absolute Gasteiger partial charge is 0.317 e. The third kappa shape index (κ3) is 4.52. The Morgan fingerprint density at radius 3 is 2.15 bits per heavy atom. The number of ether oxygens (including phenoxy) is 1. The lowest BCUT2D eigenvalue weighted by Gasteiger charge is -2.41. The summed E-state index contributed by atoms with van der Waals surface area (Å²) in [6.07, 6.45) is -0.604. The van der Waals surface area contributed by atoms with Gasteiger partial charge in [0.1, 0.15) is 12.3 Å². The standard InChI is InChI=1S/C20H29F4NO/c21-18-11-16(8-6-15(18)12-25)26-20(23,24)17-9-7-14(10-19(17)22)13-4-2-1-3-5-13/h13-19H,1-11H2. The predicted octanol–water partition coefficient (Wildman–Crippen LogP) is 5.96. The molecule has 0 aromatic heterocycles. The summed E-state index contributed by atoms with van der Waals surface area (Å²) in [4.78, 5) is 0. The fraction of sp³-hybridized carbons (Fsp3) is 0.950. The largest absolute Gasteiger partial charge is 0.361 e. The zero-order valence-electron chi connectivity index (χ0n) is 15.2. The summed E-state index contributed by atoms with van der Waals surface area (Å²) in [5.41, 5.74) is 0. The molecular formula is C20H29F4NO. The van der Waals surface area contributed by atoms with Crippen LogP contribution in [0.3, 0.4) is 0 Å². The van der Waals surface area contributed by atoms with Crippen LogP contribution in [0.15, 0.2) is 0 Å². The van der Waals surface area contributed by atoms with Crippen LogP contribution >= 0.6 is 0 Å². The Balaban J connectivity index is 1.53. The van der Waals surface area contributed by atoms with Gasteiger partial charge in [-0.3, -0.25) is 0 Å². The van der Waals surface area contributed by atoms with Crippen molar-refractivity contribution in [2.45, 2.75) is 95.2 Å². The fourth-order valence-electron chi connectivity index (χ4n) is 5.20. The van der Waals surface area contributed by atoms with E-state index in [1.54, 1.807) is 0 Å². The van der Waals surface area contributed by atoms with E-state index < -0.39 is 36.4 Å². The Kier molecular flexibility index (Phi) is 6.48. The van der Waals surface area contributed by atoms with Crippen molar-refractivity contribution in [3.05, 3.63) is 0 Å². The summed E-state index contributed by atoms with van der Waals surface area (Å²) in [5.74, 6) is -1.50. The quantitative estimate of drug-likeness (QED) is 0.568. The number of hydrogen-bond acceptors (Lipinski definition) is 2. The zero-order chi connectivity index (χ0) is 18.7. The molecule has 3 aliphatic carbocycles. The summed E-state index contributed by atoms with van der Waals surface area (Å²) in [7, 11) is 0. The Morgan fingerprint density at radius 2 is 1.54 bits per heavy atom. The maximum atomic E-state index is 14.6. The molecule has 0 bridgehead atoms. The van der Waals surface area contributed by atoms with E-state index in [0.717, 1.165) is 25.7 Å². The minimum atomic E-state index is -3.57. The van der Waals surface area contributed by atoms with Crippen LogP contribution < -0.4 is 0 Å². The van der Waals surface area contributed by atoms with Crippen LogP contribution in [0.1, 0.15) is 70.6 Å². The number of rotatable bonds is 4. The predicted molar refractivity (Wildman–Crippen MR) is 90.0 cm³/mol. The molecule has 0 spiro atoms. The topological polar surface area (TPSA) is 33.0 Å². The third-order valence-electron chi connectivity index (χ3n) is 6.78. The first-order valence-electron chi connectivity index (χ1n) is 10.1. The van der Waals surface area contributed by atoms with Crippen molar-refractivity contribution in [3.63, 3.8) is 0 Å². The van der Waals surface area contributed by atoms with Gasteiger partial charge >= 0.3 is 6.11 Å². The SMILES string of the molecule is N#CC1CCC(OC(F)(F)C2CCC(C3CCCCC3)CC2F)CC1F. The first-order chi connectivity index (χ1) is 12.4. The van der Waals surface area contributed by atoms with Gasteiger partial charge < -0.3 is 4.74 Å². The molecule has 3 fully saturated rings. The van der Waals surface area contributed by atoms with Gasteiger partial charge in [0.05, 0.1) is 24.0 Å². The lowest BCUT2D eigenvalue weighted by Crippen LogP contribution is -2.45. The van der Waals surface area contributed by atoms with Crippen LogP contribution in [-0.4, -0.2) is 24.6 Å². The number of alkyl halides is 4. The summed E-state index contributed by atoms with van der Waals surface area (Å²) in [6, 6.07) is 1.87. The molecule has 3 saturated carbocycles. The minimum absolute atomic E-state index is 0.127. The maximum absolute atomic E-state index is 14.6. The molecule has 0 N–H and O–H groups in total. The molecule has 0 amide bonds. The second-order valence-corrected chi connectivity index (χ2v) is 8.46. The normalized spacial score (nSPS) is 40.1. The van der Waals surface area contributed by atoms with Gasteiger partial charge in [-0.15, -0.1) is 0 Å². The van der Waals surface area contributed by atoms with E-state index in [9.17, 15) is 17.6 Å². The summed E-state index contributed by atoms with van der Waals surface area (Å²) in [5, 5.41) is 8.82. The molecule has 0 heterocycles. The van der Waals surface area contributed by atoms with Gasteiger partial charge in [-0.25, -0.2) is 8.78 Å². The highest BCUT2D eigenvalue weighted by atomic mass is 19.3. The average Bonchev–Trinajstić information content (AvgIpc) is 2.62. The van der Waals surface area contributed by atoms with Gasteiger partial charge in [0.15, 0.2) is 0 Å². The molecule has 0 aromatic carbocycles. The van der Waals surface area contributed by atoms with E-state index in [1.165, 1.54) is 6.42 Å². The molecule has 0 saturated heterocycles. The molecule has 0 radical (unpaired) electrons. The first-order valence-corrected chi connectivity index (χ1v) is 10.1. The van der Waals surface area contributed by atoms with Crippen LogP contribution in [0.4, 0.5) is 17.6 Å². The second kappa shape index (κ2) is 8.46. The van der Waals surface area contributed by atoms with Crippen molar-refractivity contribution in [1.29, 1.82) is 5.26 Å². The Bertz CT molecular complexity index is 503. The highest BCUT2D eigenvalue weighted by Gasteiger charge is 2.51. The van der Waals surface area contributed by atoms with Gasteiger partial charge in [0.2, 0.25) is 0 Å². The number of nitrogens with zero attached hydrogens (tertiary/aromatic N) is 1.